The van der Waals surface area contributed by atoms with Crippen LogP contribution in [-0.2, 0) is 0 Å². The quantitative estimate of drug-likeness (QED) is 0.529. The van der Waals surface area contributed by atoms with Crippen LogP contribution in [-0.4, -0.2) is 6.61 Å². The van der Waals surface area contributed by atoms with E-state index in [4.69, 9.17) is 16.3 Å². The largest absolute Gasteiger partial charge is 0.492 e. The van der Waals surface area contributed by atoms with Gasteiger partial charge in [-0.3, -0.25) is 0 Å². The topological polar surface area (TPSA) is 9.23 Å². The van der Waals surface area contributed by atoms with E-state index in [2.05, 4.69) is 6.92 Å². The lowest BCUT2D eigenvalue weighted by atomic mass is 10.2. The van der Waals surface area contributed by atoms with Crippen molar-refractivity contribution in [3.05, 3.63) is 28.8 Å². The predicted octanol–water partition coefficient (Wildman–Crippen LogP) is 4.58. The zero-order valence-electron chi connectivity index (χ0n) is 9.23. The van der Waals surface area contributed by atoms with Crippen LogP contribution in [0.25, 0.3) is 0 Å². The molecule has 0 bridgehead atoms. The Morgan fingerprint density at radius 1 is 1.19 bits per heavy atom. The summed E-state index contributed by atoms with van der Waals surface area (Å²) in [5.74, 6) is -1.38. The standard InChI is InChI=1S/C12H15ClF2O/c1-2-3-4-5-6-16-11-8-9(14)7-10(15)12(11)13/h7-8H,2-6H2,1H3. The summed E-state index contributed by atoms with van der Waals surface area (Å²) >= 11 is 5.64. The maximum absolute atomic E-state index is 13.0. The molecule has 0 radical (unpaired) electrons. The Morgan fingerprint density at radius 3 is 2.62 bits per heavy atom. The van der Waals surface area contributed by atoms with Crippen molar-refractivity contribution in [1.82, 2.24) is 0 Å². The molecular formula is C12H15ClF2O. The summed E-state index contributed by atoms with van der Waals surface area (Å²) in [6.07, 6.45) is 4.18. The van der Waals surface area contributed by atoms with E-state index < -0.39 is 11.6 Å². The predicted molar refractivity (Wildman–Crippen MR) is 61.0 cm³/mol. The minimum Gasteiger partial charge on any atom is -0.492 e. The zero-order chi connectivity index (χ0) is 12.0. The second-order valence-electron chi connectivity index (χ2n) is 3.61. The highest BCUT2D eigenvalue weighted by Gasteiger charge is 2.09. The van der Waals surface area contributed by atoms with E-state index in [0.717, 1.165) is 37.8 Å². The minimum absolute atomic E-state index is 0.0793. The summed E-state index contributed by atoms with van der Waals surface area (Å²) in [6.45, 7) is 2.54. The van der Waals surface area contributed by atoms with Gasteiger partial charge in [-0.1, -0.05) is 37.8 Å². The zero-order valence-corrected chi connectivity index (χ0v) is 9.99. The Hall–Kier alpha value is -0.830. The first-order valence-corrected chi connectivity index (χ1v) is 5.80. The molecule has 0 aliphatic rings. The number of hydrogen-bond donors (Lipinski definition) is 0. The third-order valence-electron chi connectivity index (χ3n) is 2.22. The van der Waals surface area contributed by atoms with Crippen LogP contribution in [0.2, 0.25) is 5.02 Å². The first kappa shape index (κ1) is 13.2. The number of rotatable bonds is 6. The van der Waals surface area contributed by atoms with Gasteiger partial charge in [-0.2, -0.15) is 0 Å². The van der Waals surface area contributed by atoms with E-state index in [9.17, 15) is 8.78 Å². The molecule has 1 rings (SSSR count). The van der Waals surface area contributed by atoms with Crippen LogP contribution in [0.1, 0.15) is 32.6 Å². The highest BCUT2D eigenvalue weighted by atomic mass is 35.5. The lowest BCUT2D eigenvalue weighted by Gasteiger charge is -2.08. The lowest BCUT2D eigenvalue weighted by Crippen LogP contribution is -1.99. The van der Waals surface area contributed by atoms with Crippen LogP contribution in [0.4, 0.5) is 8.78 Å². The van der Waals surface area contributed by atoms with E-state index >= 15 is 0 Å². The molecule has 0 saturated heterocycles. The smallest absolute Gasteiger partial charge is 0.148 e. The molecule has 16 heavy (non-hydrogen) atoms. The van der Waals surface area contributed by atoms with E-state index in [-0.39, 0.29) is 10.8 Å². The van der Waals surface area contributed by atoms with Crippen molar-refractivity contribution < 1.29 is 13.5 Å². The Kier molecular flexibility index (Phi) is 5.53. The summed E-state index contributed by atoms with van der Waals surface area (Å²) in [6, 6.07) is 1.84. The van der Waals surface area contributed by atoms with Gasteiger partial charge in [0.2, 0.25) is 0 Å². The molecule has 1 aromatic rings. The molecule has 0 atom stereocenters. The Bertz CT molecular complexity index is 342. The van der Waals surface area contributed by atoms with Crippen molar-refractivity contribution in [3.63, 3.8) is 0 Å². The van der Waals surface area contributed by atoms with Crippen molar-refractivity contribution in [1.29, 1.82) is 0 Å². The monoisotopic (exact) mass is 248 g/mol. The molecule has 0 N–H and O–H groups in total. The Balaban J connectivity index is 2.47. The molecule has 0 heterocycles. The molecular weight excluding hydrogens is 234 g/mol. The molecule has 0 saturated carbocycles. The normalized spacial score (nSPS) is 10.5. The first-order valence-electron chi connectivity index (χ1n) is 5.42. The molecule has 1 aromatic carbocycles. The second kappa shape index (κ2) is 6.69. The van der Waals surface area contributed by atoms with Crippen molar-refractivity contribution in [2.24, 2.45) is 0 Å². The van der Waals surface area contributed by atoms with Crippen molar-refractivity contribution in [2.45, 2.75) is 32.6 Å². The van der Waals surface area contributed by atoms with Crippen LogP contribution in [0.5, 0.6) is 5.75 Å². The van der Waals surface area contributed by atoms with Crippen LogP contribution >= 0.6 is 11.6 Å². The fraction of sp³-hybridized carbons (Fsp3) is 0.500. The number of unbranched alkanes of at least 4 members (excludes halogenated alkanes) is 3. The van der Waals surface area contributed by atoms with Crippen LogP contribution in [0.15, 0.2) is 12.1 Å². The number of benzene rings is 1. The first-order chi connectivity index (χ1) is 7.65. The van der Waals surface area contributed by atoms with Crippen LogP contribution in [0.3, 0.4) is 0 Å². The van der Waals surface area contributed by atoms with Crippen LogP contribution in [0, 0.1) is 11.6 Å². The summed E-state index contributed by atoms with van der Waals surface area (Å²) < 4.78 is 31.1. The van der Waals surface area contributed by atoms with E-state index in [1.807, 2.05) is 0 Å². The van der Waals surface area contributed by atoms with Gasteiger partial charge in [0.1, 0.15) is 22.4 Å². The summed E-state index contributed by atoms with van der Waals surface area (Å²) in [5, 5.41) is -0.156. The van der Waals surface area contributed by atoms with Gasteiger partial charge in [0, 0.05) is 12.1 Å². The van der Waals surface area contributed by atoms with Gasteiger partial charge in [-0.25, -0.2) is 8.78 Å². The molecule has 4 heteroatoms. The molecule has 0 aliphatic carbocycles. The summed E-state index contributed by atoms with van der Waals surface area (Å²) in [7, 11) is 0. The third-order valence-corrected chi connectivity index (χ3v) is 2.58. The molecule has 0 spiro atoms. The van der Waals surface area contributed by atoms with Gasteiger partial charge in [0.15, 0.2) is 0 Å². The number of halogens is 3. The number of hydrogen-bond acceptors (Lipinski definition) is 1. The molecule has 0 unspecified atom stereocenters. The summed E-state index contributed by atoms with van der Waals surface area (Å²) in [5.41, 5.74) is 0. The molecule has 0 aromatic heterocycles. The minimum atomic E-state index is -0.787. The average Bonchev–Trinajstić information content (AvgIpc) is 2.24. The maximum Gasteiger partial charge on any atom is 0.148 e. The van der Waals surface area contributed by atoms with Gasteiger partial charge < -0.3 is 4.74 Å². The van der Waals surface area contributed by atoms with E-state index in [1.165, 1.54) is 0 Å². The molecule has 0 amide bonds. The second-order valence-corrected chi connectivity index (χ2v) is 3.99. The fourth-order valence-corrected chi connectivity index (χ4v) is 1.51. The SMILES string of the molecule is CCCCCCOc1cc(F)cc(F)c1Cl. The Morgan fingerprint density at radius 2 is 1.94 bits per heavy atom. The van der Waals surface area contributed by atoms with Crippen LogP contribution < -0.4 is 4.74 Å². The van der Waals surface area contributed by atoms with Gasteiger partial charge in [0.05, 0.1) is 6.61 Å². The van der Waals surface area contributed by atoms with E-state index in [0.29, 0.717) is 6.61 Å². The van der Waals surface area contributed by atoms with Gasteiger partial charge in [-0.05, 0) is 6.42 Å². The van der Waals surface area contributed by atoms with Crippen molar-refractivity contribution in [2.75, 3.05) is 6.61 Å². The molecule has 0 aliphatic heterocycles. The number of ether oxygens (including phenoxy) is 1. The summed E-state index contributed by atoms with van der Waals surface area (Å²) in [4.78, 5) is 0. The maximum atomic E-state index is 13.0. The molecule has 0 fully saturated rings. The van der Waals surface area contributed by atoms with Crippen molar-refractivity contribution >= 4 is 11.6 Å². The lowest BCUT2D eigenvalue weighted by molar-refractivity contribution is 0.302. The highest BCUT2D eigenvalue weighted by Crippen LogP contribution is 2.28. The fourth-order valence-electron chi connectivity index (χ4n) is 1.35. The highest BCUT2D eigenvalue weighted by molar-refractivity contribution is 6.32. The Labute approximate surface area is 99.4 Å². The van der Waals surface area contributed by atoms with E-state index in [1.54, 1.807) is 0 Å². The van der Waals surface area contributed by atoms with Crippen molar-refractivity contribution in [3.8, 4) is 5.75 Å². The molecule has 90 valence electrons. The van der Waals surface area contributed by atoms with Gasteiger partial charge >= 0.3 is 0 Å². The third kappa shape index (κ3) is 3.97. The van der Waals surface area contributed by atoms with Gasteiger partial charge in [0.25, 0.3) is 0 Å². The van der Waals surface area contributed by atoms with Gasteiger partial charge in [-0.15, -0.1) is 0 Å². The average molecular weight is 249 g/mol. The molecule has 1 nitrogen and oxygen atoms in total.